The first-order valence-corrected chi connectivity index (χ1v) is 10.2. The van der Waals surface area contributed by atoms with Crippen LogP contribution in [0.5, 0.6) is 0 Å². The molecule has 1 amide bonds. The van der Waals surface area contributed by atoms with E-state index in [-0.39, 0.29) is 11.8 Å². The summed E-state index contributed by atoms with van der Waals surface area (Å²) in [7, 11) is 0. The van der Waals surface area contributed by atoms with Crippen molar-refractivity contribution >= 4 is 5.91 Å². The van der Waals surface area contributed by atoms with Gasteiger partial charge in [0.2, 0.25) is 5.91 Å². The highest BCUT2D eigenvalue weighted by atomic mass is 16.5. The highest BCUT2D eigenvalue weighted by Crippen LogP contribution is 2.30. The summed E-state index contributed by atoms with van der Waals surface area (Å²) >= 11 is 0. The molecule has 6 nitrogen and oxygen atoms in total. The second kappa shape index (κ2) is 8.55. The van der Waals surface area contributed by atoms with Crippen LogP contribution in [0.1, 0.15) is 49.2 Å². The Kier molecular flexibility index (Phi) is 5.69. The van der Waals surface area contributed by atoms with E-state index in [9.17, 15) is 4.79 Å². The van der Waals surface area contributed by atoms with E-state index < -0.39 is 0 Å². The summed E-state index contributed by atoms with van der Waals surface area (Å²) in [4.78, 5) is 21.3. The summed E-state index contributed by atoms with van der Waals surface area (Å²) in [5.41, 5.74) is 4.49. The third kappa shape index (κ3) is 4.53. The molecule has 0 unspecified atom stereocenters. The molecule has 2 heterocycles. The molecular formula is C23H26N4O2. The Bertz CT molecular complexity index is 988. The van der Waals surface area contributed by atoms with Crippen LogP contribution in [0.4, 0.5) is 0 Å². The third-order valence-corrected chi connectivity index (χ3v) is 5.47. The van der Waals surface area contributed by atoms with Gasteiger partial charge in [-0.1, -0.05) is 48.7 Å². The summed E-state index contributed by atoms with van der Waals surface area (Å²) in [6.45, 7) is 4.30. The SMILES string of the molecule is Cc1cc(-c2cnc(C)nc2-c2ccc(CNC(=O)C3CCCCC3)cc2)on1. The van der Waals surface area contributed by atoms with Crippen LogP contribution in [0.15, 0.2) is 41.1 Å². The van der Waals surface area contributed by atoms with Crippen molar-refractivity contribution in [3.63, 3.8) is 0 Å². The maximum absolute atomic E-state index is 12.4. The second-order valence-electron chi connectivity index (χ2n) is 7.76. The van der Waals surface area contributed by atoms with Gasteiger partial charge in [-0.3, -0.25) is 4.79 Å². The number of nitrogens with zero attached hydrogens (tertiary/aromatic N) is 3. The Morgan fingerprint density at radius 3 is 2.59 bits per heavy atom. The monoisotopic (exact) mass is 390 g/mol. The number of benzene rings is 1. The van der Waals surface area contributed by atoms with E-state index in [1.165, 1.54) is 6.42 Å². The van der Waals surface area contributed by atoms with E-state index in [0.717, 1.165) is 53.8 Å². The number of rotatable bonds is 5. The number of hydrogen-bond acceptors (Lipinski definition) is 5. The van der Waals surface area contributed by atoms with Gasteiger partial charge in [-0.15, -0.1) is 0 Å². The van der Waals surface area contributed by atoms with Crippen LogP contribution in [0.3, 0.4) is 0 Å². The van der Waals surface area contributed by atoms with Crippen LogP contribution >= 0.6 is 0 Å². The minimum absolute atomic E-state index is 0.180. The third-order valence-electron chi connectivity index (χ3n) is 5.47. The average Bonchev–Trinajstić information content (AvgIpc) is 3.19. The number of nitrogens with one attached hydrogen (secondary N) is 1. The van der Waals surface area contributed by atoms with Crippen molar-refractivity contribution in [3.8, 4) is 22.6 Å². The zero-order valence-corrected chi connectivity index (χ0v) is 16.9. The van der Waals surface area contributed by atoms with Gasteiger partial charge in [0.15, 0.2) is 5.76 Å². The van der Waals surface area contributed by atoms with E-state index in [2.05, 4.69) is 20.4 Å². The zero-order chi connectivity index (χ0) is 20.2. The molecule has 1 saturated carbocycles. The van der Waals surface area contributed by atoms with Gasteiger partial charge < -0.3 is 9.84 Å². The van der Waals surface area contributed by atoms with Gasteiger partial charge in [-0.05, 0) is 32.3 Å². The van der Waals surface area contributed by atoms with Gasteiger partial charge in [-0.2, -0.15) is 0 Å². The predicted molar refractivity (Wildman–Crippen MR) is 111 cm³/mol. The number of aromatic nitrogens is 3. The van der Waals surface area contributed by atoms with Crippen molar-refractivity contribution in [1.82, 2.24) is 20.4 Å². The Morgan fingerprint density at radius 1 is 1.14 bits per heavy atom. The fourth-order valence-electron chi connectivity index (χ4n) is 3.84. The lowest BCUT2D eigenvalue weighted by atomic mass is 9.88. The van der Waals surface area contributed by atoms with E-state index >= 15 is 0 Å². The van der Waals surface area contributed by atoms with Crippen molar-refractivity contribution in [2.45, 2.75) is 52.5 Å². The number of hydrogen-bond donors (Lipinski definition) is 1. The van der Waals surface area contributed by atoms with Crippen LogP contribution < -0.4 is 5.32 Å². The minimum Gasteiger partial charge on any atom is -0.356 e. The van der Waals surface area contributed by atoms with E-state index in [0.29, 0.717) is 18.1 Å². The summed E-state index contributed by atoms with van der Waals surface area (Å²) in [6.07, 6.45) is 7.39. The largest absolute Gasteiger partial charge is 0.356 e. The molecule has 1 N–H and O–H groups in total. The average molecular weight is 390 g/mol. The fraction of sp³-hybridized carbons (Fsp3) is 0.391. The van der Waals surface area contributed by atoms with Crippen molar-refractivity contribution in [2.24, 2.45) is 5.92 Å². The van der Waals surface area contributed by atoms with Crippen LogP contribution in [0, 0.1) is 19.8 Å². The van der Waals surface area contributed by atoms with Gasteiger partial charge in [0.1, 0.15) is 5.82 Å². The van der Waals surface area contributed by atoms with Crippen LogP contribution in [-0.2, 0) is 11.3 Å². The number of amides is 1. The van der Waals surface area contributed by atoms with E-state index in [1.807, 2.05) is 44.2 Å². The molecule has 1 aliphatic rings. The minimum atomic E-state index is 0.180. The highest BCUT2D eigenvalue weighted by molar-refractivity contribution is 5.79. The number of aryl methyl sites for hydroxylation is 2. The molecule has 6 heteroatoms. The topological polar surface area (TPSA) is 80.9 Å². The zero-order valence-electron chi connectivity index (χ0n) is 16.9. The molecule has 2 aromatic heterocycles. The molecule has 4 rings (SSSR count). The Hall–Kier alpha value is -3.02. The molecule has 1 aliphatic carbocycles. The molecule has 29 heavy (non-hydrogen) atoms. The highest BCUT2D eigenvalue weighted by Gasteiger charge is 2.20. The summed E-state index contributed by atoms with van der Waals surface area (Å²) in [6, 6.07) is 9.99. The summed E-state index contributed by atoms with van der Waals surface area (Å²) in [5, 5.41) is 7.06. The lowest BCUT2D eigenvalue weighted by Gasteiger charge is -2.20. The van der Waals surface area contributed by atoms with E-state index in [4.69, 9.17) is 4.52 Å². The number of carbonyl (C=O) groups is 1. The maximum atomic E-state index is 12.4. The molecular weight excluding hydrogens is 364 g/mol. The Balaban J connectivity index is 1.49. The summed E-state index contributed by atoms with van der Waals surface area (Å²) < 4.78 is 5.42. The first-order valence-electron chi connectivity index (χ1n) is 10.2. The van der Waals surface area contributed by atoms with Crippen molar-refractivity contribution in [2.75, 3.05) is 0 Å². The molecule has 1 fully saturated rings. The first-order chi connectivity index (χ1) is 14.1. The predicted octanol–water partition coefficient (Wildman–Crippen LogP) is 4.61. The first kappa shape index (κ1) is 19.3. The molecule has 3 aromatic rings. The van der Waals surface area contributed by atoms with Crippen molar-refractivity contribution < 1.29 is 9.32 Å². The van der Waals surface area contributed by atoms with Crippen molar-refractivity contribution in [3.05, 3.63) is 53.6 Å². The number of carbonyl (C=O) groups excluding carboxylic acids is 1. The second-order valence-corrected chi connectivity index (χ2v) is 7.76. The Labute approximate surface area is 170 Å². The molecule has 0 radical (unpaired) electrons. The Morgan fingerprint density at radius 2 is 1.90 bits per heavy atom. The standard InChI is InChI=1S/C23H26N4O2/c1-15-12-21(29-27-15)20-14-24-16(2)26-22(20)18-10-8-17(9-11-18)13-25-23(28)19-6-4-3-5-7-19/h8-12,14,19H,3-7,13H2,1-2H3,(H,25,28). The van der Waals surface area contributed by atoms with Gasteiger partial charge in [0.05, 0.1) is 17.0 Å². The van der Waals surface area contributed by atoms with Gasteiger partial charge in [-0.25, -0.2) is 9.97 Å². The normalized spacial score (nSPS) is 14.7. The molecule has 1 aromatic carbocycles. The van der Waals surface area contributed by atoms with E-state index in [1.54, 1.807) is 6.20 Å². The summed E-state index contributed by atoms with van der Waals surface area (Å²) in [5.74, 6) is 1.72. The lowest BCUT2D eigenvalue weighted by molar-refractivity contribution is -0.126. The smallest absolute Gasteiger partial charge is 0.223 e. The quantitative estimate of drug-likeness (QED) is 0.688. The van der Waals surface area contributed by atoms with Gasteiger partial charge >= 0.3 is 0 Å². The molecule has 150 valence electrons. The molecule has 0 atom stereocenters. The maximum Gasteiger partial charge on any atom is 0.223 e. The van der Waals surface area contributed by atoms with Crippen molar-refractivity contribution in [1.29, 1.82) is 0 Å². The fourth-order valence-corrected chi connectivity index (χ4v) is 3.84. The molecule has 0 aliphatic heterocycles. The lowest BCUT2D eigenvalue weighted by Crippen LogP contribution is -2.31. The van der Waals surface area contributed by atoms with Gasteiger partial charge in [0.25, 0.3) is 0 Å². The molecule has 0 saturated heterocycles. The molecule has 0 bridgehead atoms. The van der Waals surface area contributed by atoms with Crippen LogP contribution in [0.2, 0.25) is 0 Å². The van der Waals surface area contributed by atoms with Crippen LogP contribution in [-0.4, -0.2) is 21.0 Å². The van der Waals surface area contributed by atoms with Crippen LogP contribution in [0.25, 0.3) is 22.6 Å². The van der Waals surface area contributed by atoms with Gasteiger partial charge in [0, 0.05) is 30.3 Å². The molecule has 0 spiro atoms.